The standard InChI is InChI=1S/C54H38N4/c1-54(2)46-22-12-9-19-42(46)45-33-39(30-32-47(45)54)52-55-51(38-27-25-36(26-28-38)35-15-5-3-6-16-35)56-53(57-52)40-29-31-41(37-17-7-4-8-18-37)50(34-40)58-48-23-13-10-20-43(48)44-21-11-14-24-49(44)58/h3-34H,1-2H3. The van der Waals surface area contributed by atoms with Crippen molar-refractivity contribution < 1.29 is 0 Å². The summed E-state index contributed by atoms with van der Waals surface area (Å²) in [5.74, 6) is 1.89. The fourth-order valence-corrected chi connectivity index (χ4v) is 8.96. The summed E-state index contributed by atoms with van der Waals surface area (Å²) < 4.78 is 2.39. The van der Waals surface area contributed by atoms with Crippen molar-refractivity contribution in [2.24, 2.45) is 0 Å². The van der Waals surface area contributed by atoms with Crippen molar-refractivity contribution in [3.63, 3.8) is 0 Å². The summed E-state index contributed by atoms with van der Waals surface area (Å²) in [7, 11) is 0. The van der Waals surface area contributed by atoms with E-state index in [0.29, 0.717) is 17.5 Å². The highest BCUT2D eigenvalue weighted by Gasteiger charge is 2.35. The number of para-hydroxylation sites is 2. The van der Waals surface area contributed by atoms with Gasteiger partial charge in [0, 0.05) is 38.4 Å². The molecule has 2 heterocycles. The second-order valence-corrected chi connectivity index (χ2v) is 15.6. The Balaban J connectivity index is 1.13. The van der Waals surface area contributed by atoms with Gasteiger partial charge in [-0.15, -0.1) is 0 Å². The molecule has 0 saturated carbocycles. The van der Waals surface area contributed by atoms with Gasteiger partial charge in [0.2, 0.25) is 0 Å². The smallest absolute Gasteiger partial charge is 0.164 e. The van der Waals surface area contributed by atoms with Crippen molar-refractivity contribution in [1.82, 2.24) is 19.5 Å². The third kappa shape index (κ3) is 5.48. The Bertz CT molecular complexity index is 3130. The molecule has 11 rings (SSSR count). The van der Waals surface area contributed by atoms with E-state index in [1.165, 1.54) is 38.6 Å². The zero-order chi connectivity index (χ0) is 38.8. The van der Waals surface area contributed by atoms with Crippen LogP contribution in [0.5, 0.6) is 0 Å². The molecule has 0 saturated heterocycles. The van der Waals surface area contributed by atoms with Crippen molar-refractivity contribution in [2.75, 3.05) is 0 Å². The molecule has 4 heteroatoms. The third-order valence-corrected chi connectivity index (χ3v) is 11.9. The molecule has 0 amide bonds. The maximum Gasteiger partial charge on any atom is 0.164 e. The van der Waals surface area contributed by atoms with E-state index in [4.69, 9.17) is 15.0 Å². The first-order valence-corrected chi connectivity index (χ1v) is 19.9. The van der Waals surface area contributed by atoms with Gasteiger partial charge >= 0.3 is 0 Å². The summed E-state index contributed by atoms with van der Waals surface area (Å²) in [4.78, 5) is 15.8. The van der Waals surface area contributed by atoms with Gasteiger partial charge in [0.25, 0.3) is 0 Å². The van der Waals surface area contributed by atoms with Crippen LogP contribution in [0.3, 0.4) is 0 Å². The number of aromatic nitrogens is 4. The quantitative estimate of drug-likeness (QED) is 0.170. The number of hydrogen-bond acceptors (Lipinski definition) is 3. The van der Waals surface area contributed by atoms with E-state index in [0.717, 1.165) is 50.1 Å². The predicted molar refractivity (Wildman–Crippen MR) is 239 cm³/mol. The van der Waals surface area contributed by atoms with Gasteiger partial charge in [-0.3, -0.25) is 0 Å². The van der Waals surface area contributed by atoms with E-state index >= 15 is 0 Å². The van der Waals surface area contributed by atoms with Crippen LogP contribution in [0.15, 0.2) is 194 Å². The molecular formula is C54H38N4. The van der Waals surface area contributed by atoms with Crippen LogP contribution >= 0.6 is 0 Å². The van der Waals surface area contributed by atoms with Crippen LogP contribution in [-0.4, -0.2) is 19.5 Å². The molecule has 10 aromatic rings. The predicted octanol–water partition coefficient (Wildman–Crippen LogP) is 13.6. The van der Waals surface area contributed by atoms with Gasteiger partial charge < -0.3 is 4.57 Å². The summed E-state index contributed by atoms with van der Waals surface area (Å²) in [6.45, 7) is 4.62. The minimum atomic E-state index is -0.0932. The van der Waals surface area contributed by atoms with E-state index in [2.05, 4.69) is 206 Å². The number of fused-ring (bicyclic) bond motifs is 6. The van der Waals surface area contributed by atoms with E-state index in [-0.39, 0.29) is 5.41 Å². The molecule has 0 bridgehead atoms. The Morgan fingerprint density at radius 2 is 0.810 bits per heavy atom. The maximum atomic E-state index is 5.30. The number of rotatable bonds is 6. The lowest BCUT2D eigenvalue weighted by Gasteiger charge is -2.21. The maximum absolute atomic E-state index is 5.30. The molecule has 58 heavy (non-hydrogen) atoms. The fourth-order valence-electron chi connectivity index (χ4n) is 8.96. The zero-order valence-electron chi connectivity index (χ0n) is 32.3. The second-order valence-electron chi connectivity index (χ2n) is 15.6. The summed E-state index contributed by atoms with van der Waals surface area (Å²) in [5.41, 5.74) is 15.8. The van der Waals surface area contributed by atoms with E-state index in [9.17, 15) is 0 Å². The molecule has 1 aliphatic rings. The minimum absolute atomic E-state index is 0.0932. The van der Waals surface area contributed by atoms with Gasteiger partial charge in [0.05, 0.1) is 16.7 Å². The summed E-state index contributed by atoms with van der Waals surface area (Å²) in [5, 5.41) is 2.43. The molecule has 0 N–H and O–H groups in total. The van der Waals surface area contributed by atoms with Crippen molar-refractivity contribution in [3.05, 3.63) is 205 Å². The average molecular weight is 743 g/mol. The van der Waals surface area contributed by atoms with E-state index < -0.39 is 0 Å². The van der Waals surface area contributed by atoms with Crippen LogP contribution < -0.4 is 0 Å². The molecule has 1 aliphatic carbocycles. The SMILES string of the molecule is CC1(C)c2ccccc2-c2cc(-c3nc(-c4ccc(-c5ccccc5)cc4)nc(-c4ccc(-c5ccccc5)c(-n5c6ccccc6c6ccccc65)c4)n3)ccc21. The van der Waals surface area contributed by atoms with Gasteiger partial charge in [0.1, 0.15) is 0 Å². The van der Waals surface area contributed by atoms with Crippen LogP contribution in [0, 0.1) is 0 Å². The first kappa shape index (κ1) is 33.9. The number of nitrogens with zero attached hydrogens (tertiary/aromatic N) is 4. The topological polar surface area (TPSA) is 43.6 Å². The van der Waals surface area contributed by atoms with Gasteiger partial charge in [-0.25, -0.2) is 15.0 Å². The van der Waals surface area contributed by atoms with Gasteiger partial charge in [-0.2, -0.15) is 0 Å². The van der Waals surface area contributed by atoms with E-state index in [1.54, 1.807) is 0 Å². The first-order chi connectivity index (χ1) is 28.5. The Kier molecular flexibility index (Phi) is 7.80. The lowest BCUT2D eigenvalue weighted by molar-refractivity contribution is 0.660. The highest BCUT2D eigenvalue weighted by molar-refractivity contribution is 6.09. The number of hydrogen-bond donors (Lipinski definition) is 0. The molecule has 2 aromatic heterocycles. The largest absolute Gasteiger partial charge is 0.309 e. The molecular weight excluding hydrogens is 705 g/mol. The monoisotopic (exact) mass is 742 g/mol. The van der Waals surface area contributed by atoms with Gasteiger partial charge in [-0.1, -0.05) is 184 Å². The lowest BCUT2D eigenvalue weighted by Crippen LogP contribution is -2.14. The van der Waals surface area contributed by atoms with Crippen molar-refractivity contribution in [3.8, 4) is 73.2 Å². The Labute approximate surface area is 337 Å². The fraction of sp³-hybridized carbons (Fsp3) is 0.0556. The summed E-state index contributed by atoms with van der Waals surface area (Å²) >= 11 is 0. The molecule has 8 aromatic carbocycles. The van der Waals surface area contributed by atoms with Crippen molar-refractivity contribution in [1.29, 1.82) is 0 Å². The van der Waals surface area contributed by atoms with Crippen LogP contribution in [0.2, 0.25) is 0 Å². The van der Waals surface area contributed by atoms with E-state index in [1.807, 2.05) is 6.07 Å². The third-order valence-electron chi connectivity index (χ3n) is 11.9. The average Bonchev–Trinajstić information content (AvgIpc) is 3.74. The Hall–Kier alpha value is -7.43. The van der Waals surface area contributed by atoms with Crippen LogP contribution in [0.25, 0.3) is 95.0 Å². The number of benzene rings is 8. The molecule has 4 nitrogen and oxygen atoms in total. The lowest BCUT2D eigenvalue weighted by atomic mass is 9.82. The summed E-state index contributed by atoms with van der Waals surface area (Å²) in [6, 6.07) is 69.0. The van der Waals surface area contributed by atoms with Crippen molar-refractivity contribution >= 4 is 21.8 Å². The molecule has 0 spiro atoms. The van der Waals surface area contributed by atoms with Gasteiger partial charge in [-0.05, 0) is 63.2 Å². The normalized spacial score (nSPS) is 12.8. The van der Waals surface area contributed by atoms with Crippen LogP contribution in [0.1, 0.15) is 25.0 Å². The molecule has 274 valence electrons. The molecule has 0 unspecified atom stereocenters. The minimum Gasteiger partial charge on any atom is -0.309 e. The van der Waals surface area contributed by atoms with Crippen molar-refractivity contribution in [2.45, 2.75) is 19.3 Å². The van der Waals surface area contributed by atoms with Gasteiger partial charge in [0.15, 0.2) is 17.5 Å². The molecule has 0 radical (unpaired) electrons. The van der Waals surface area contributed by atoms with Crippen LogP contribution in [0.4, 0.5) is 0 Å². The zero-order valence-corrected chi connectivity index (χ0v) is 32.3. The Morgan fingerprint density at radius 3 is 1.48 bits per heavy atom. The first-order valence-electron chi connectivity index (χ1n) is 19.9. The summed E-state index contributed by atoms with van der Waals surface area (Å²) in [6.07, 6.45) is 0. The Morgan fingerprint density at radius 1 is 0.345 bits per heavy atom. The molecule has 0 aliphatic heterocycles. The highest BCUT2D eigenvalue weighted by Crippen LogP contribution is 2.49. The second kappa shape index (κ2) is 13.4. The molecule has 0 atom stereocenters. The molecule has 0 fully saturated rings. The van der Waals surface area contributed by atoms with Crippen LogP contribution in [-0.2, 0) is 5.41 Å². The highest BCUT2D eigenvalue weighted by atomic mass is 15.0.